The molecule has 2 heterocycles. The van der Waals surface area contributed by atoms with Crippen LogP contribution in [0.2, 0.25) is 0 Å². The van der Waals surface area contributed by atoms with Gasteiger partial charge in [-0.15, -0.1) is 0 Å². The summed E-state index contributed by atoms with van der Waals surface area (Å²) in [4.78, 5) is 31.7. The Morgan fingerprint density at radius 2 is 1.74 bits per heavy atom. The fraction of sp³-hybridized carbons (Fsp3) is 0.692. The van der Waals surface area contributed by atoms with E-state index in [1.54, 1.807) is 36.3 Å². The van der Waals surface area contributed by atoms with Crippen molar-refractivity contribution in [3.8, 4) is 11.5 Å². The van der Waals surface area contributed by atoms with Gasteiger partial charge < -0.3 is 19.5 Å². The zero-order chi connectivity index (χ0) is 24.7. The third-order valence-corrected chi connectivity index (χ3v) is 6.65. The highest BCUT2D eigenvalue weighted by Gasteiger charge is 2.39. The van der Waals surface area contributed by atoms with Crippen LogP contribution in [0.25, 0.3) is 0 Å². The van der Waals surface area contributed by atoms with Gasteiger partial charge in [-0.25, -0.2) is 4.79 Å². The van der Waals surface area contributed by atoms with Crippen LogP contribution in [0.5, 0.6) is 11.5 Å². The number of aromatic hydroxyl groups is 1. The molecular weight excluding hydrogens is 434 g/mol. The molecule has 1 aromatic carbocycles. The van der Waals surface area contributed by atoms with Gasteiger partial charge in [0.1, 0.15) is 23.1 Å². The first-order chi connectivity index (χ1) is 16.2. The molecule has 190 valence electrons. The highest BCUT2D eigenvalue weighted by Crippen LogP contribution is 2.27. The molecule has 1 aliphatic carbocycles. The van der Waals surface area contributed by atoms with Crippen molar-refractivity contribution in [1.82, 2.24) is 14.7 Å². The third-order valence-electron chi connectivity index (χ3n) is 6.65. The van der Waals surface area contributed by atoms with Gasteiger partial charge in [0.25, 0.3) is 0 Å². The molecule has 0 spiro atoms. The van der Waals surface area contributed by atoms with E-state index < -0.39 is 5.60 Å². The predicted octanol–water partition coefficient (Wildman–Crippen LogP) is 3.87. The third kappa shape index (κ3) is 7.26. The number of phenolic OH excluding ortho intramolecular Hbond substituents is 1. The number of benzene rings is 1. The highest BCUT2D eigenvalue weighted by atomic mass is 16.6. The summed E-state index contributed by atoms with van der Waals surface area (Å²) in [5, 5.41) is 8.86. The number of carbonyl (C=O) groups is 2. The molecule has 1 saturated carbocycles. The first kappa shape index (κ1) is 26.1. The van der Waals surface area contributed by atoms with Gasteiger partial charge in [0.2, 0.25) is 5.91 Å². The predicted molar refractivity (Wildman–Crippen MR) is 131 cm³/mol. The Kier molecular flexibility index (Phi) is 9.05. The number of hydrogen-bond donors (Lipinski definition) is 1. The summed E-state index contributed by atoms with van der Waals surface area (Å²) in [7, 11) is 1.56. The van der Waals surface area contributed by atoms with E-state index in [2.05, 4.69) is 4.90 Å². The number of likely N-dealkylation sites (tertiary alicyclic amines) is 1. The van der Waals surface area contributed by atoms with Crippen molar-refractivity contribution in [2.24, 2.45) is 0 Å². The van der Waals surface area contributed by atoms with Crippen molar-refractivity contribution in [3.05, 3.63) is 24.3 Å². The average Bonchev–Trinajstić information content (AvgIpc) is 3.12. The first-order valence-corrected chi connectivity index (χ1v) is 12.5. The Labute approximate surface area is 203 Å². The molecule has 8 heteroatoms. The summed E-state index contributed by atoms with van der Waals surface area (Å²) in [5.41, 5.74) is -0.529. The summed E-state index contributed by atoms with van der Waals surface area (Å²) in [6.07, 6.45) is 6.26. The molecule has 8 nitrogen and oxygen atoms in total. The SMILES string of the molecule is CC(C)(C)OC(=O)N1CCC[C@@H]1C(=O)N1CCCN(C2CCC2)CC1.COc1cccc(O)c1. The average molecular weight is 476 g/mol. The molecule has 3 fully saturated rings. The zero-order valence-corrected chi connectivity index (χ0v) is 21.2. The molecule has 1 atom stereocenters. The van der Waals surface area contributed by atoms with Crippen LogP contribution in [0.1, 0.15) is 59.3 Å². The second-order valence-electron chi connectivity index (χ2n) is 10.3. The number of phenols is 1. The molecule has 0 unspecified atom stereocenters. The minimum atomic E-state index is -0.529. The van der Waals surface area contributed by atoms with Crippen LogP contribution in [0.4, 0.5) is 4.79 Å². The van der Waals surface area contributed by atoms with Gasteiger partial charge in [0, 0.05) is 44.8 Å². The Morgan fingerprint density at radius 3 is 2.32 bits per heavy atom. The van der Waals surface area contributed by atoms with E-state index in [0.29, 0.717) is 12.3 Å². The van der Waals surface area contributed by atoms with Crippen molar-refractivity contribution in [2.45, 2.75) is 77.0 Å². The molecular formula is C26H41N3O5. The van der Waals surface area contributed by atoms with Crippen molar-refractivity contribution in [3.63, 3.8) is 0 Å². The molecule has 1 aromatic rings. The van der Waals surface area contributed by atoms with Crippen LogP contribution in [-0.2, 0) is 9.53 Å². The lowest BCUT2D eigenvalue weighted by atomic mass is 9.91. The number of carbonyl (C=O) groups excluding carboxylic acids is 2. The topological polar surface area (TPSA) is 82.6 Å². The van der Waals surface area contributed by atoms with Crippen LogP contribution in [0.3, 0.4) is 0 Å². The molecule has 0 bridgehead atoms. The quantitative estimate of drug-likeness (QED) is 0.715. The zero-order valence-electron chi connectivity index (χ0n) is 21.2. The van der Waals surface area contributed by atoms with E-state index in [-0.39, 0.29) is 23.8 Å². The molecule has 34 heavy (non-hydrogen) atoms. The minimum absolute atomic E-state index is 0.110. The van der Waals surface area contributed by atoms with Crippen molar-refractivity contribution in [2.75, 3.05) is 39.8 Å². The minimum Gasteiger partial charge on any atom is -0.508 e. The number of methoxy groups -OCH3 is 1. The first-order valence-electron chi connectivity index (χ1n) is 12.5. The summed E-state index contributed by atoms with van der Waals surface area (Å²) < 4.78 is 10.3. The largest absolute Gasteiger partial charge is 0.508 e. The van der Waals surface area contributed by atoms with E-state index in [1.165, 1.54) is 19.3 Å². The standard InChI is InChI=1S/C19H33N3O3.C7H8O2/c1-19(2,3)25-18(24)22-12-5-9-16(22)17(23)21-11-6-10-20(13-14-21)15-7-4-8-15;1-9-7-4-2-3-6(8)5-7/h15-16H,4-14H2,1-3H3;2-5,8H,1H3/t16-;/m1./s1. The summed E-state index contributed by atoms with van der Waals surface area (Å²) in [6, 6.07) is 7.06. The summed E-state index contributed by atoms with van der Waals surface area (Å²) >= 11 is 0. The van der Waals surface area contributed by atoms with Crippen molar-refractivity contribution in [1.29, 1.82) is 0 Å². The summed E-state index contributed by atoms with van der Waals surface area (Å²) in [6.45, 7) is 9.86. The Hall–Kier alpha value is -2.48. The van der Waals surface area contributed by atoms with Crippen LogP contribution >= 0.6 is 0 Å². The number of amides is 2. The van der Waals surface area contributed by atoms with Gasteiger partial charge in [0.15, 0.2) is 0 Å². The number of rotatable bonds is 3. The van der Waals surface area contributed by atoms with E-state index in [0.717, 1.165) is 51.5 Å². The molecule has 4 rings (SSSR count). The van der Waals surface area contributed by atoms with Crippen LogP contribution in [0, 0.1) is 0 Å². The maximum Gasteiger partial charge on any atom is 0.410 e. The maximum absolute atomic E-state index is 13.1. The number of ether oxygens (including phenoxy) is 2. The van der Waals surface area contributed by atoms with Crippen molar-refractivity contribution < 1.29 is 24.2 Å². The lowest BCUT2D eigenvalue weighted by Crippen LogP contribution is -2.50. The molecule has 0 radical (unpaired) electrons. The fourth-order valence-electron chi connectivity index (χ4n) is 4.66. The molecule has 2 aliphatic heterocycles. The normalized spacial score (nSPS) is 21.7. The maximum atomic E-state index is 13.1. The lowest BCUT2D eigenvalue weighted by Gasteiger charge is -2.37. The smallest absolute Gasteiger partial charge is 0.410 e. The van der Waals surface area contributed by atoms with Gasteiger partial charge in [-0.1, -0.05) is 12.5 Å². The van der Waals surface area contributed by atoms with Gasteiger partial charge in [0.05, 0.1) is 7.11 Å². The van der Waals surface area contributed by atoms with E-state index in [4.69, 9.17) is 14.6 Å². The lowest BCUT2D eigenvalue weighted by molar-refractivity contribution is -0.135. The molecule has 3 aliphatic rings. The number of nitrogens with zero attached hydrogens (tertiary/aromatic N) is 3. The summed E-state index contributed by atoms with van der Waals surface area (Å²) in [5.74, 6) is 1.02. The Morgan fingerprint density at radius 1 is 0.971 bits per heavy atom. The second kappa shape index (κ2) is 11.8. The molecule has 2 saturated heterocycles. The van der Waals surface area contributed by atoms with Gasteiger partial charge >= 0.3 is 6.09 Å². The van der Waals surface area contributed by atoms with Gasteiger partial charge in [-0.3, -0.25) is 14.6 Å². The fourth-order valence-corrected chi connectivity index (χ4v) is 4.66. The van der Waals surface area contributed by atoms with Crippen LogP contribution in [0.15, 0.2) is 24.3 Å². The van der Waals surface area contributed by atoms with E-state index >= 15 is 0 Å². The van der Waals surface area contributed by atoms with E-state index in [9.17, 15) is 9.59 Å². The van der Waals surface area contributed by atoms with Crippen LogP contribution < -0.4 is 4.74 Å². The molecule has 0 aromatic heterocycles. The monoisotopic (exact) mass is 475 g/mol. The van der Waals surface area contributed by atoms with Gasteiger partial charge in [-0.2, -0.15) is 0 Å². The second-order valence-corrected chi connectivity index (χ2v) is 10.3. The molecule has 1 N–H and O–H groups in total. The highest BCUT2D eigenvalue weighted by molar-refractivity contribution is 5.86. The Balaban J connectivity index is 0.000000302. The van der Waals surface area contributed by atoms with Crippen molar-refractivity contribution >= 4 is 12.0 Å². The van der Waals surface area contributed by atoms with Crippen LogP contribution in [-0.4, -0.2) is 89.3 Å². The molecule has 2 amide bonds. The Bertz CT molecular complexity index is 821. The number of hydrogen-bond acceptors (Lipinski definition) is 6. The van der Waals surface area contributed by atoms with E-state index in [1.807, 2.05) is 25.7 Å². The van der Waals surface area contributed by atoms with Gasteiger partial charge in [-0.05, 0) is 65.0 Å².